The van der Waals surface area contributed by atoms with Gasteiger partial charge in [0.1, 0.15) is 6.29 Å². The zero-order valence-corrected chi connectivity index (χ0v) is 8.23. The maximum absolute atomic E-state index is 11.1. The van der Waals surface area contributed by atoms with Gasteiger partial charge in [-0.25, -0.2) is 4.79 Å². The van der Waals surface area contributed by atoms with Gasteiger partial charge in [0.25, 0.3) is 0 Å². The third-order valence-corrected chi connectivity index (χ3v) is 3.10. The Kier molecular flexibility index (Phi) is 4.67. The van der Waals surface area contributed by atoms with Gasteiger partial charge >= 0.3 is 6.03 Å². The van der Waals surface area contributed by atoms with Crippen LogP contribution in [0, 0.1) is 0 Å². The van der Waals surface area contributed by atoms with Crippen LogP contribution >= 0.6 is 11.8 Å². The van der Waals surface area contributed by atoms with Gasteiger partial charge < -0.3 is 15.4 Å². The van der Waals surface area contributed by atoms with E-state index in [2.05, 4.69) is 10.6 Å². The standard InChI is InChI=1S/C8H14N2O2S/c11-5-4-9-8(12)10-7-3-1-2-6-13-7/h5,7H,1-4,6H2,(H2,9,10,12). The molecule has 0 aliphatic carbocycles. The number of carbonyl (C=O) groups excluding carboxylic acids is 2. The molecule has 1 saturated heterocycles. The molecule has 1 aliphatic rings. The largest absolute Gasteiger partial charge is 0.331 e. The Labute approximate surface area is 81.8 Å². The first-order valence-corrected chi connectivity index (χ1v) is 5.47. The van der Waals surface area contributed by atoms with Crippen LogP contribution in [-0.4, -0.2) is 30.0 Å². The maximum Gasteiger partial charge on any atom is 0.316 e. The summed E-state index contributed by atoms with van der Waals surface area (Å²) in [7, 11) is 0. The van der Waals surface area contributed by atoms with Gasteiger partial charge in [0.05, 0.1) is 11.9 Å². The topological polar surface area (TPSA) is 58.2 Å². The van der Waals surface area contributed by atoms with Crippen LogP contribution in [0.15, 0.2) is 0 Å². The van der Waals surface area contributed by atoms with Crippen molar-refractivity contribution in [2.45, 2.75) is 24.6 Å². The number of urea groups is 1. The highest BCUT2D eigenvalue weighted by Gasteiger charge is 2.15. The second-order valence-corrected chi connectivity index (χ2v) is 4.19. The SMILES string of the molecule is O=CCNC(=O)NC1CCCCS1. The lowest BCUT2D eigenvalue weighted by molar-refractivity contribution is -0.107. The molecule has 1 fully saturated rings. The molecule has 0 saturated carbocycles. The Hall–Kier alpha value is -0.710. The highest BCUT2D eigenvalue weighted by molar-refractivity contribution is 7.99. The van der Waals surface area contributed by atoms with Gasteiger partial charge in [0.2, 0.25) is 0 Å². The fourth-order valence-electron chi connectivity index (χ4n) is 1.19. The lowest BCUT2D eigenvalue weighted by Crippen LogP contribution is -2.42. The van der Waals surface area contributed by atoms with Crippen molar-refractivity contribution in [3.63, 3.8) is 0 Å². The van der Waals surface area contributed by atoms with E-state index in [1.54, 1.807) is 11.8 Å². The summed E-state index contributed by atoms with van der Waals surface area (Å²) in [6.07, 6.45) is 4.11. The molecule has 2 amide bonds. The Balaban J connectivity index is 2.14. The highest BCUT2D eigenvalue weighted by Crippen LogP contribution is 2.22. The minimum atomic E-state index is -0.244. The predicted molar refractivity (Wildman–Crippen MR) is 52.7 cm³/mol. The molecule has 5 heteroatoms. The molecule has 4 nitrogen and oxygen atoms in total. The number of hydrogen-bond acceptors (Lipinski definition) is 3. The van der Waals surface area contributed by atoms with Crippen molar-refractivity contribution in [3.05, 3.63) is 0 Å². The third-order valence-electron chi connectivity index (χ3n) is 1.82. The third kappa shape index (κ3) is 4.17. The molecule has 0 aromatic heterocycles. The molecule has 1 heterocycles. The summed E-state index contributed by atoms with van der Waals surface area (Å²) < 4.78 is 0. The number of aldehydes is 1. The molecule has 0 spiro atoms. The van der Waals surface area contributed by atoms with Gasteiger partial charge in [-0.2, -0.15) is 0 Å². The van der Waals surface area contributed by atoms with E-state index in [0.717, 1.165) is 12.2 Å². The van der Waals surface area contributed by atoms with Gasteiger partial charge in [-0.3, -0.25) is 0 Å². The number of amides is 2. The van der Waals surface area contributed by atoms with Crippen LogP contribution in [0.1, 0.15) is 19.3 Å². The highest BCUT2D eigenvalue weighted by atomic mass is 32.2. The van der Waals surface area contributed by atoms with Crippen molar-refractivity contribution in [1.29, 1.82) is 0 Å². The molecule has 0 bridgehead atoms. The minimum absolute atomic E-state index is 0.0865. The molecule has 0 aromatic carbocycles. The van der Waals surface area contributed by atoms with Crippen molar-refractivity contribution in [2.75, 3.05) is 12.3 Å². The Morgan fingerprint density at radius 3 is 3.00 bits per heavy atom. The number of thioether (sulfide) groups is 1. The van der Waals surface area contributed by atoms with Crippen molar-refractivity contribution in [1.82, 2.24) is 10.6 Å². The number of nitrogens with one attached hydrogen (secondary N) is 2. The quantitative estimate of drug-likeness (QED) is 0.663. The first-order chi connectivity index (χ1) is 6.33. The fraction of sp³-hybridized carbons (Fsp3) is 0.750. The lowest BCUT2D eigenvalue weighted by atomic mass is 10.2. The molecule has 1 aliphatic heterocycles. The van der Waals surface area contributed by atoms with Crippen LogP contribution in [0.25, 0.3) is 0 Å². The van der Waals surface area contributed by atoms with Gasteiger partial charge in [0, 0.05) is 0 Å². The van der Waals surface area contributed by atoms with Crippen LogP contribution in [0.4, 0.5) is 4.79 Å². The summed E-state index contributed by atoms with van der Waals surface area (Å²) in [4.78, 5) is 21.0. The van der Waals surface area contributed by atoms with E-state index in [1.807, 2.05) is 0 Å². The van der Waals surface area contributed by atoms with E-state index in [4.69, 9.17) is 0 Å². The van der Waals surface area contributed by atoms with Crippen molar-refractivity contribution in [2.24, 2.45) is 0 Å². The molecule has 74 valence electrons. The molecule has 0 radical (unpaired) electrons. The molecule has 0 aromatic rings. The average molecular weight is 202 g/mol. The Bertz CT molecular complexity index is 181. The second-order valence-electron chi connectivity index (χ2n) is 2.88. The number of carbonyl (C=O) groups is 2. The summed E-state index contributed by atoms with van der Waals surface area (Å²) >= 11 is 1.76. The summed E-state index contributed by atoms with van der Waals surface area (Å²) in [5, 5.41) is 5.48. The summed E-state index contributed by atoms with van der Waals surface area (Å²) in [5.41, 5.74) is 0. The smallest absolute Gasteiger partial charge is 0.316 e. The first-order valence-electron chi connectivity index (χ1n) is 4.42. The Morgan fingerprint density at radius 2 is 2.38 bits per heavy atom. The van der Waals surface area contributed by atoms with E-state index in [9.17, 15) is 9.59 Å². The van der Waals surface area contributed by atoms with Gasteiger partial charge in [-0.15, -0.1) is 11.8 Å². The number of hydrogen-bond donors (Lipinski definition) is 2. The predicted octanol–water partition coefficient (Wildman–Crippen LogP) is 0.728. The zero-order chi connectivity index (χ0) is 9.52. The lowest BCUT2D eigenvalue weighted by Gasteiger charge is -2.22. The van der Waals surface area contributed by atoms with E-state index in [1.165, 1.54) is 12.8 Å². The van der Waals surface area contributed by atoms with Gasteiger partial charge in [0.15, 0.2) is 0 Å². The van der Waals surface area contributed by atoms with Crippen LogP contribution in [-0.2, 0) is 4.79 Å². The number of rotatable bonds is 3. The molecule has 1 atom stereocenters. The minimum Gasteiger partial charge on any atom is -0.331 e. The van der Waals surface area contributed by atoms with Gasteiger partial charge in [-0.1, -0.05) is 0 Å². The van der Waals surface area contributed by atoms with Crippen LogP contribution in [0.2, 0.25) is 0 Å². The molecule has 13 heavy (non-hydrogen) atoms. The second kappa shape index (κ2) is 5.85. The molecular formula is C8H14N2O2S. The molecule has 2 N–H and O–H groups in total. The summed E-state index contributed by atoms with van der Waals surface area (Å²) in [6.45, 7) is 0.0865. The van der Waals surface area contributed by atoms with Crippen LogP contribution in [0.5, 0.6) is 0 Å². The van der Waals surface area contributed by atoms with E-state index in [-0.39, 0.29) is 17.9 Å². The average Bonchev–Trinajstić information content (AvgIpc) is 2.16. The maximum atomic E-state index is 11.1. The van der Waals surface area contributed by atoms with Crippen LogP contribution in [0.3, 0.4) is 0 Å². The monoisotopic (exact) mass is 202 g/mol. The van der Waals surface area contributed by atoms with Crippen molar-refractivity contribution >= 4 is 24.1 Å². The van der Waals surface area contributed by atoms with Crippen LogP contribution < -0.4 is 10.6 Å². The molecule has 1 rings (SSSR count). The summed E-state index contributed by atoms with van der Waals surface area (Å²) in [6, 6.07) is -0.244. The van der Waals surface area contributed by atoms with Gasteiger partial charge in [-0.05, 0) is 25.0 Å². The summed E-state index contributed by atoms with van der Waals surface area (Å²) in [5.74, 6) is 1.11. The van der Waals surface area contributed by atoms with Crippen molar-refractivity contribution in [3.8, 4) is 0 Å². The van der Waals surface area contributed by atoms with E-state index < -0.39 is 0 Å². The van der Waals surface area contributed by atoms with Crippen molar-refractivity contribution < 1.29 is 9.59 Å². The normalized spacial score (nSPS) is 22.0. The van der Waals surface area contributed by atoms with E-state index >= 15 is 0 Å². The first kappa shape index (κ1) is 10.4. The van der Waals surface area contributed by atoms with E-state index in [0.29, 0.717) is 6.29 Å². The Morgan fingerprint density at radius 1 is 1.54 bits per heavy atom. The fourth-order valence-corrected chi connectivity index (χ4v) is 2.37. The molecular weight excluding hydrogens is 188 g/mol. The zero-order valence-electron chi connectivity index (χ0n) is 7.41. The molecule has 1 unspecified atom stereocenters.